The number of hydrogen-bond acceptors (Lipinski definition) is 10. The molecule has 1 aliphatic carbocycles. The zero-order valence-electron chi connectivity index (χ0n) is 19.7. The number of aromatic nitrogens is 3. The average Bonchev–Trinajstić information content (AvgIpc) is 3.58. The fourth-order valence-corrected chi connectivity index (χ4v) is 4.57. The lowest BCUT2D eigenvalue weighted by molar-refractivity contribution is 0.157. The van der Waals surface area contributed by atoms with Gasteiger partial charge < -0.3 is 34.4 Å². The number of nitrogens with one attached hydrogen (secondary N) is 2. The Morgan fingerprint density at radius 2 is 2.11 bits per heavy atom. The number of rotatable bonds is 9. The third kappa shape index (κ3) is 5.00. The summed E-state index contributed by atoms with van der Waals surface area (Å²) >= 11 is 0. The number of aryl methyl sites for hydroxylation is 1. The van der Waals surface area contributed by atoms with Gasteiger partial charge in [-0.1, -0.05) is 0 Å². The first-order chi connectivity index (χ1) is 17.0. The maximum absolute atomic E-state index is 10.6. The number of aliphatic hydroxyl groups is 2. The molecule has 0 radical (unpaired) electrons. The Kier molecular flexibility index (Phi) is 6.67. The Hall–Kier alpha value is -3.47. The van der Waals surface area contributed by atoms with E-state index in [1.165, 1.54) is 0 Å². The molecule has 0 amide bonds. The highest BCUT2D eigenvalue weighted by atomic mass is 16.5. The number of anilines is 2. The van der Waals surface area contributed by atoms with Gasteiger partial charge in [0.05, 0.1) is 54.7 Å². The van der Waals surface area contributed by atoms with Gasteiger partial charge in [-0.05, 0) is 49.9 Å². The van der Waals surface area contributed by atoms with Crippen molar-refractivity contribution in [3.8, 4) is 11.3 Å². The molecule has 4 aromatic rings. The summed E-state index contributed by atoms with van der Waals surface area (Å²) in [4.78, 5) is 13.8. The van der Waals surface area contributed by atoms with E-state index in [1.54, 1.807) is 19.6 Å². The number of hydrogen-bond donors (Lipinski definition) is 4. The number of pyridine rings is 1. The highest BCUT2D eigenvalue weighted by molar-refractivity contribution is 5.86. The van der Waals surface area contributed by atoms with Crippen molar-refractivity contribution in [1.82, 2.24) is 15.0 Å². The number of aliphatic hydroxyl groups excluding tert-OH is 2. The van der Waals surface area contributed by atoms with E-state index in [4.69, 9.17) is 18.6 Å². The first kappa shape index (κ1) is 23.3. The molecule has 1 aliphatic rings. The molecule has 4 aromatic heterocycles. The lowest BCUT2D eigenvalue weighted by Crippen LogP contribution is -2.29. The van der Waals surface area contributed by atoms with Gasteiger partial charge >= 0.3 is 0 Å². The van der Waals surface area contributed by atoms with Crippen molar-refractivity contribution in [2.75, 3.05) is 24.4 Å². The molecule has 1 saturated carbocycles. The van der Waals surface area contributed by atoms with Crippen LogP contribution in [0.4, 0.5) is 11.8 Å². The van der Waals surface area contributed by atoms with Crippen LogP contribution in [0, 0.1) is 12.8 Å². The topological polar surface area (TPSA) is 139 Å². The third-order valence-electron chi connectivity index (χ3n) is 6.30. The predicted molar refractivity (Wildman–Crippen MR) is 130 cm³/mol. The van der Waals surface area contributed by atoms with Gasteiger partial charge in [-0.3, -0.25) is 4.98 Å². The van der Waals surface area contributed by atoms with Gasteiger partial charge in [0, 0.05) is 19.1 Å². The molecular formula is C25H29N5O5. The number of ether oxygens (including phenoxy) is 1. The quantitative estimate of drug-likeness (QED) is 0.282. The fourth-order valence-electron chi connectivity index (χ4n) is 4.57. The summed E-state index contributed by atoms with van der Waals surface area (Å²) < 4.78 is 16.7. The normalized spacial score (nSPS) is 19.9. The molecule has 0 bridgehead atoms. The van der Waals surface area contributed by atoms with Crippen LogP contribution in [0.3, 0.4) is 0 Å². The Labute approximate surface area is 202 Å². The second kappa shape index (κ2) is 10.0. The Balaban J connectivity index is 1.51. The first-order valence-corrected chi connectivity index (χ1v) is 11.6. The minimum atomic E-state index is -0.591. The van der Waals surface area contributed by atoms with Crippen molar-refractivity contribution >= 4 is 22.7 Å². The standard InChI is InChI=1S/C25H29N5O5/c1-14-23(21-9-16-8-17(13-33-2)26-11-22(16)35-21)24(29-19-6-15(12-31)7-20(19)32)30-25(28-14)27-10-18-4-3-5-34-18/h3-5,8-9,11,15,19-20,31-32H,6-7,10,12-13H2,1-2H3,(H2,27,28,29,30)/t15-,19+,20+/m0/s1. The summed E-state index contributed by atoms with van der Waals surface area (Å²) in [5, 5.41) is 27.7. The summed E-state index contributed by atoms with van der Waals surface area (Å²) in [5.41, 5.74) is 2.86. The minimum absolute atomic E-state index is 0.0429. The molecule has 35 heavy (non-hydrogen) atoms. The minimum Gasteiger partial charge on any atom is -0.467 e. The summed E-state index contributed by atoms with van der Waals surface area (Å²) in [7, 11) is 1.63. The van der Waals surface area contributed by atoms with Crippen LogP contribution >= 0.6 is 0 Å². The molecule has 4 N–H and O–H groups in total. The second-order valence-electron chi connectivity index (χ2n) is 8.88. The van der Waals surface area contributed by atoms with Crippen LogP contribution in [-0.4, -0.2) is 51.0 Å². The van der Waals surface area contributed by atoms with E-state index in [0.717, 1.165) is 16.8 Å². The van der Waals surface area contributed by atoms with E-state index >= 15 is 0 Å². The molecule has 0 aromatic carbocycles. The maximum atomic E-state index is 10.6. The van der Waals surface area contributed by atoms with Crippen molar-refractivity contribution in [3.05, 3.63) is 53.9 Å². The van der Waals surface area contributed by atoms with Crippen LogP contribution in [0.2, 0.25) is 0 Å². The van der Waals surface area contributed by atoms with E-state index in [0.29, 0.717) is 60.4 Å². The molecule has 0 saturated heterocycles. The van der Waals surface area contributed by atoms with Crippen LogP contribution in [0.25, 0.3) is 22.3 Å². The van der Waals surface area contributed by atoms with Gasteiger partial charge in [-0.2, -0.15) is 4.98 Å². The largest absolute Gasteiger partial charge is 0.467 e. The molecule has 0 unspecified atom stereocenters. The van der Waals surface area contributed by atoms with Crippen molar-refractivity contribution in [3.63, 3.8) is 0 Å². The van der Waals surface area contributed by atoms with Gasteiger partial charge in [0.1, 0.15) is 17.3 Å². The van der Waals surface area contributed by atoms with E-state index in [9.17, 15) is 10.2 Å². The molecule has 10 heteroatoms. The van der Waals surface area contributed by atoms with Crippen LogP contribution in [0.5, 0.6) is 0 Å². The van der Waals surface area contributed by atoms with Gasteiger partial charge in [0.2, 0.25) is 5.95 Å². The third-order valence-corrected chi connectivity index (χ3v) is 6.30. The Morgan fingerprint density at radius 1 is 1.23 bits per heavy atom. The van der Waals surface area contributed by atoms with E-state index < -0.39 is 6.10 Å². The average molecular weight is 480 g/mol. The monoisotopic (exact) mass is 479 g/mol. The first-order valence-electron chi connectivity index (χ1n) is 11.6. The highest BCUT2D eigenvalue weighted by Gasteiger charge is 2.34. The molecule has 5 rings (SSSR count). The second-order valence-corrected chi connectivity index (χ2v) is 8.88. The predicted octanol–water partition coefficient (Wildman–Crippen LogP) is 3.49. The van der Waals surface area contributed by atoms with Crippen molar-refractivity contribution in [2.45, 2.75) is 45.1 Å². The van der Waals surface area contributed by atoms with E-state index in [-0.39, 0.29) is 18.6 Å². The number of furan rings is 2. The lowest BCUT2D eigenvalue weighted by Gasteiger charge is -2.20. The highest BCUT2D eigenvalue weighted by Crippen LogP contribution is 2.37. The fraction of sp³-hybridized carbons (Fsp3) is 0.400. The molecule has 1 fully saturated rings. The van der Waals surface area contributed by atoms with Gasteiger partial charge in [0.15, 0.2) is 5.58 Å². The van der Waals surface area contributed by atoms with Crippen LogP contribution < -0.4 is 10.6 Å². The Morgan fingerprint density at radius 3 is 2.86 bits per heavy atom. The lowest BCUT2D eigenvalue weighted by atomic mass is 10.1. The molecular weight excluding hydrogens is 450 g/mol. The molecule has 0 aliphatic heterocycles. The van der Waals surface area contributed by atoms with Gasteiger partial charge in [-0.25, -0.2) is 4.98 Å². The zero-order chi connectivity index (χ0) is 24.4. The number of nitrogens with zero attached hydrogens (tertiary/aromatic N) is 3. The van der Waals surface area contributed by atoms with E-state index in [2.05, 4.69) is 20.6 Å². The van der Waals surface area contributed by atoms with Crippen molar-refractivity contribution in [2.24, 2.45) is 5.92 Å². The number of methoxy groups -OCH3 is 1. The summed E-state index contributed by atoms with van der Waals surface area (Å²) in [5.74, 6) is 2.38. The molecule has 10 nitrogen and oxygen atoms in total. The molecule has 4 heterocycles. The van der Waals surface area contributed by atoms with Gasteiger partial charge in [0.25, 0.3) is 0 Å². The summed E-state index contributed by atoms with van der Waals surface area (Å²) in [6, 6.07) is 7.31. The smallest absolute Gasteiger partial charge is 0.225 e. The zero-order valence-corrected chi connectivity index (χ0v) is 19.7. The van der Waals surface area contributed by atoms with E-state index in [1.807, 2.05) is 31.2 Å². The van der Waals surface area contributed by atoms with Crippen molar-refractivity contribution in [1.29, 1.82) is 0 Å². The maximum Gasteiger partial charge on any atom is 0.225 e. The molecule has 3 atom stereocenters. The summed E-state index contributed by atoms with van der Waals surface area (Å²) in [6.45, 7) is 2.78. The van der Waals surface area contributed by atoms with Crippen LogP contribution in [0.15, 0.2) is 45.6 Å². The van der Waals surface area contributed by atoms with Crippen LogP contribution in [-0.2, 0) is 17.9 Å². The molecule has 0 spiro atoms. The van der Waals surface area contributed by atoms with Crippen LogP contribution in [0.1, 0.15) is 30.0 Å². The SMILES string of the molecule is COCc1cc2cc(-c3c(C)nc(NCc4ccco4)nc3N[C@@H]3C[C@H](CO)C[C@H]3O)oc2cn1. The summed E-state index contributed by atoms with van der Waals surface area (Å²) in [6.07, 6.45) is 3.89. The number of fused-ring (bicyclic) bond motifs is 1. The molecule has 184 valence electrons. The van der Waals surface area contributed by atoms with Crippen molar-refractivity contribution < 1.29 is 23.8 Å². The van der Waals surface area contributed by atoms with Gasteiger partial charge in [-0.15, -0.1) is 0 Å². The Bertz CT molecular complexity index is 1290.